The van der Waals surface area contributed by atoms with Crippen molar-refractivity contribution in [2.24, 2.45) is 0 Å². The van der Waals surface area contributed by atoms with Gasteiger partial charge in [0.2, 0.25) is 0 Å². The predicted octanol–water partition coefficient (Wildman–Crippen LogP) is 5.17. The first-order valence-corrected chi connectivity index (χ1v) is 13.4. The third-order valence-corrected chi connectivity index (χ3v) is 7.51. The maximum atomic E-state index is 12.7. The zero-order valence-electron chi connectivity index (χ0n) is 23.2. The van der Waals surface area contributed by atoms with Crippen LogP contribution < -0.4 is 14.2 Å². The molecule has 2 aromatic rings. The number of rotatable bonds is 10. The first kappa shape index (κ1) is 28.1. The summed E-state index contributed by atoms with van der Waals surface area (Å²) in [5.41, 5.74) is 0.708. The fraction of sp³-hybridized carbons (Fsp3) is 0.484. The summed E-state index contributed by atoms with van der Waals surface area (Å²) in [5.74, 6) is 4.45. The molecule has 2 aromatic carbocycles. The van der Waals surface area contributed by atoms with Crippen LogP contribution in [-0.2, 0) is 4.74 Å². The third kappa shape index (κ3) is 6.77. The number of nitriles is 1. The fourth-order valence-corrected chi connectivity index (χ4v) is 5.40. The number of hydrogen-bond acceptors (Lipinski definition) is 7. The van der Waals surface area contributed by atoms with E-state index in [9.17, 15) is 10.1 Å². The molecule has 0 radical (unpaired) electrons. The third-order valence-electron chi connectivity index (χ3n) is 7.51. The summed E-state index contributed by atoms with van der Waals surface area (Å²) >= 11 is 0. The molecule has 2 saturated heterocycles. The van der Waals surface area contributed by atoms with E-state index < -0.39 is 5.60 Å². The van der Waals surface area contributed by atoms with Crippen LogP contribution in [0.1, 0.15) is 56.8 Å². The number of amides is 1. The Hall–Kier alpha value is -3.88. The minimum absolute atomic E-state index is 0.198. The van der Waals surface area contributed by atoms with Gasteiger partial charge in [0.25, 0.3) is 0 Å². The molecule has 2 heterocycles. The number of ether oxygens (including phenoxy) is 4. The van der Waals surface area contributed by atoms with Gasteiger partial charge in [0.15, 0.2) is 17.1 Å². The van der Waals surface area contributed by atoms with Crippen LogP contribution in [0.15, 0.2) is 42.5 Å². The van der Waals surface area contributed by atoms with E-state index in [1.807, 2.05) is 42.5 Å². The maximum Gasteiger partial charge on any atom is 0.411 e. The monoisotopic (exact) mass is 531 g/mol. The number of hydrogen-bond donors (Lipinski definition) is 0. The van der Waals surface area contributed by atoms with Gasteiger partial charge in [0.05, 0.1) is 25.9 Å². The Bertz CT molecular complexity index is 1220. The van der Waals surface area contributed by atoms with Gasteiger partial charge in [-0.2, -0.15) is 5.26 Å². The molecule has 206 valence electrons. The lowest BCUT2D eigenvalue weighted by Crippen LogP contribution is -2.56. The molecule has 0 saturated carbocycles. The molecule has 2 bridgehead atoms. The van der Waals surface area contributed by atoms with Crippen molar-refractivity contribution >= 4 is 6.09 Å². The van der Waals surface area contributed by atoms with Gasteiger partial charge in [-0.05, 0) is 75.9 Å². The minimum Gasteiger partial charge on any atom is -0.493 e. The molecule has 4 rings (SSSR count). The van der Waals surface area contributed by atoms with Crippen LogP contribution in [-0.4, -0.2) is 67.4 Å². The standard InChI is InChI=1S/C31H37N3O5/c1-6-31(2,3)39-30(35)33-20-24-13-14-25(21-33)34(24)17-7-8-27(23-11-9-22(19-32)10-12-23)38-26-15-16-28(36-4)29(18-26)37-5/h1,9-12,15-16,18,24-25,27H,7-8,13-14,17,20-21H2,2-5H3. The number of methoxy groups -OCH3 is 2. The molecule has 0 aromatic heterocycles. The molecule has 0 aliphatic carbocycles. The van der Waals surface area contributed by atoms with Gasteiger partial charge in [-0.3, -0.25) is 4.90 Å². The lowest BCUT2D eigenvalue weighted by molar-refractivity contribution is 0.0145. The van der Waals surface area contributed by atoms with Crippen molar-refractivity contribution in [3.8, 4) is 35.7 Å². The van der Waals surface area contributed by atoms with Crippen LogP contribution in [0.3, 0.4) is 0 Å². The smallest absolute Gasteiger partial charge is 0.411 e. The molecule has 0 N–H and O–H groups in total. The van der Waals surface area contributed by atoms with E-state index in [-0.39, 0.29) is 12.2 Å². The number of carbonyl (C=O) groups is 1. The fourth-order valence-electron chi connectivity index (χ4n) is 5.40. The number of piperazine rings is 1. The van der Waals surface area contributed by atoms with Crippen molar-refractivity contribution in [3.63, 3.8) is 0 Å². The van der Waals surface area contributed by atoms with Gasteiger partial charge in [0, 0.05) is 31.2 Å². The maximum absolute atomic E-state index is 12.7. The Labute approximate surface area is 231 Å². The summed E-state index contributed by atoms with van der Waals surface area (Å²) in [6.45, 7) is 5.67. The summed E-state index contributed by atoms with van der Waals surface area (Å²) in [6, 6.07) is 15.9. The van der Waals surface area contributed by atoms with Crippen molar-refractivity contribution in [1.29, 1.82) is 5.26 Å². The van der Waals surface area contributed by atoms with E-state index in [0.29, 0.717) is 48.0 Å². The molecule has 39 heavy (non-hydrogen) atoms. The topological polar surface area (TPSA) is 84.3 Å². The summed E-state index contributed by atoms with van der Waals surface area (Å²) in [7, 11) is 3.20. The van der Waals surface area contributed by atoms with Gasteiger partial charge >= 0.3 is 6.09 Å². The Morgan fingerprint density at radius 1 is 1.08 bits per heavy atom. The molecule has 8 heteroatoms. The second kappa shape index (κ2) is 12.3. The average molecular weight is 532 g/mol. The largest absolute Gasteiger partial charge is 0.493 e. The van der Waals surface area contributed by atoms with E-state index in [1.54, 1.807) is 33.0 Å². The Morgan fingerprint density at radius 3 is 2.33 bits per heavy atom. The van der Waals surface area contributed by atoms with Crippen LogP contribution in [0.5, 0.6) is 17.2 Å². The van der Waals surface area contributed by atoms with E-state index >= 15 is 0 Å². The highest BCUT2D eigenvalue weighted by Gasteiger charge is 2.42. The molecule has 2 aliphatic rings. The van der Waals surface area contributed by atoms with Crippen molar-refractivity contribution in [2.75, 3.05) is 33.9 Å². The van der Waals surface area contributed by atoms with Crippen LogP contribution in [0.2, 0.25) is 0 Å². The molecular formula is C31H37N3O5. The molecule has 2 aliphatic heterocycles. The zero-order valence-corrected chi connectivity index (χ0v) is 23.2. The first-order valence-electron chi connectivity index (χ1n) is 13.4. The van der Waals surface area contributed by atoms with Crippen molar-refractivity contribution in [1.82, 2.24) is 9.80 Å². The highest BCUT2D eigenvalue weighted by Crippen LogP contribution is 2.35. The molecule has 3 atom stereocenters. The van der Waals surface area contributed by atoms with Crippen LogP contribution in [0.25, 0.3) is 0 Å². The van der Waals surface area contributed by atoms with Gasteiger partial charge in [0.1, 0.15) is 11.9 Å². The molecular weight excluding hydrogens is 494 g/mol. The first-order chi connectivity index (χ1) is 18.8. The Morgan fingerprint density at radius 2 is 1.74 bits per heavy atom. The van der Waals surface area contributed by atoms with E-state index in [4.69, 9.17) is 25.4 Å². The lowest BCUT2D eigenvalue weighted by Gasteiger charge is -2.41. The van der Waals surface area contributed by atoms with Gasteiger partial charge < -0.3 is 23.8 Å². The zero-order chi connectivity index (χ0) is 28.0. The number of terminal acetylenes is 1. The summed E-state index contributed by atoms with van der Waals surface area (Å²) < 4.78 is 22.8. The van der Waals surface area contributed by atoms with Gasteiger partial charge in [-0.25, -0.2) is 4.79 Å². The highest BCUT2D eigenvalue weighted by molar-refractivity contribution is 5.69. The number of nitrogens with zero attached hydrogens (tertiary/aromatic N) is 3. The Kier molecular flexibility index (Phi) is 8.89. The van der Waals surface area contributed by atoms with Gasteiger partial charge in [-0.15, -0.1) is 6.42 Å². The second-order valence-corrected chi connectivity index (χ2v) is 10.5. The van der Waals surface area contributed by atoms with Crippen molar-refractivity contribution < 1.29 is 23.7 Å². The van der Waals surface area contributed by atoms with Crippen LogP contribution in [0, 0.1) is 23.7 Å². The average Bonchev–Trinajstić information content (AvgIpc) is 3.17. The number of likely N-dealkylation sites (tertiary alicyclic amines) is 1. The molecule has 8 nitrogen and oxygen atoms in total. The number of benzene rings is 2. The summed E-state index contributed by atoms with van der Waals surface area (Å²) in [5, 5.41) is 9.22. The van der Waals surface area contributed by atoms with E-state index in [1.165, 1.54) is 0 Å². The molecule has 0 spiro atoms. The minimum atomic E-state index is -0.915. The van der Waals surface area contributed by atoms with Crippen molar-refractivity contribution in [3.05, 3.63) is 53.6 Å². The highest BCUT2D eigenvalue weighted by atomic mass is 16.6. The molecule has 3 unspecified atom stereocenters. The number of fused-ring (bicyclic) bond motifs is 2. The summed E-state index contributed by atoms with van der Waals surface area (Å²) in [4.78, 5) is 17.0. The van der Waals surface area contributed by atoms with Crippen LogP contribution >= 0.6 is 0 Å². The second-order valence-electron chi connectivity index (χ2n) is 10.5. The van der Waals surface area contributed by atoms with Gasteiger partial charge in [-0.1, -0.05) is 18.1 Å². The van der Waals surface area contributed by atoms with Crippen molar-refractivity contribution in [2.45, 2.75) is 63.3 Å². The molecule has 1 amide bonds. The quantitative estimate of drug-likeness (QED) is 0.391. The van der Waals surface area contributed by atoms with Crippen LogP contribution in [0.4, 0.5) is 4.79 Å². The lowest BCUT2D eigenvalue weighted by atomic mass is 10.0. The predicted molar refractivity (Wildman–Crippen MR) is 148 cm³/mol. The Balaban J connectivity index is 1.40. The molecule has 2 fully saturated rings. The normalized spacial score (nSPS) is 19.5. The number of carbonyl (C=O) groups excluding carboxylic acids is 1. The summed E-state index contributed by atoms with van der Waals surface area (Å²) in [6.07, 6.45) is 8.80. The van der Waals surface area contributed by atoms with E-state index in [0.717, 1.165) is 37.8 Å². The SMILES string of the molecule is C#CC(C)(C)OC(=O)N1CC2CCC(C1)N2CCCC(Oc1ccc(OC)c(OC)c1)c1ccc(C#N)cc1. The van der Waals surface area contributed by atoms with E-state index in [2.05, 4.69) is 16.9 Å².